The quantitative estimate of drug-likeness (QED) is 0.314. The Morgan fingerprint density at radius 1 is 1.25 bits per heavy atom. The topological polar surface area (TPSA) is 89.9 Å². The van der Waals surface area contributed by atoms with Gasteiger partial charge in [-0.15, -0.1) is 0 Å². The molecule has 0 amide bonds. The second kappa shape index (κ2) is 63.4. The van der Waals surface area contributed by atoms with Crippen LogP contribution in [0.1, 0.15) is 1.43 Å². The predicted molar refractivity (Wildman–Crippen MR) is 15.1 cm³/mol. The summed E-state index contributed by atoms with van der Waals surface area (Å²) >= 11 is 0. The van der Waals surface area contributed by atoms with Gasteiger partial charge in [0.2, 0.25) is 0 Å². The van der Waals surface area contributed by atoms with Crippen molar-refractivity contribution in [2.45, 2.75) is 0 Å². The SMILES string of the molecule is N.N.[C-]#[O+].[H+]. The van der Waals surface area contributed by atoms with E-state index in [0.717, 1.165) is 0 Å². The summed E-state index contributed by atoms with van der Waals surface area (Å²) in [6, 6.07) is 0. The van der Waals surface area contributed by atoms with Gasteiger partial charge in [0.15, 0.2) is 0 Å². The summed E-state index contributed by atoms with van der Waals surface area (Å²) in [7, 11) is 0. The predicted octanol–water partition coefficient (Wildman–Crippen LogP) is 0.399. The van der Waals surface area contributed by atoms with Gasteiger partial charge in [-0.05, 0) is 0 Å². The van der Waals surface area contributed by atoms with Crippen molar-refractivity contribution in [3.8, 4) is 0 Å². The molecule has 0 heterocycles. The van der Waals surface area contributed by atoms with E-state index in [2.05, 4.69) is 6.65 Å². The van der Waals surface area contributed by atoms with E-state index >= 15 is 0 Å². The van der Waals surface area contributed by atoms with Crippen LogP contribution in [0.25, 0.3) is 0 Å². The van der Waals surface area contributed by atoms with E-state index in [9.17, 15) is 0 Å². The van der Waals surface area contributed by atoms with Gasteiger partial charge in [0.1, 0.15) is 0 Å². The molecule has 0 aliphatic rings. The molecule has 0 aliphatic heterocycles. The van der Waals surface area contributed by atoms with E-state index in [1.165, 1.54) is 0 Å². The van der Waals surface area contributed by atoms with Crippen LogP contribution in [0.4, 0.5) is 0 Å². The molecule has 0 aromatic rings. The minimum atomic E-state index is 0. The molecular weight excluding hydrogens is 56.0 g/mol. The second-order valence-corrected chi connectivity index (χ2v) is 0. The molecule has 4 heavy (non-hydrogen) atoms. The van der Waals surface area contributed by atoms with Crippen LogP contribution in [-0.4, -0.2) is 0 Å². The molecule has 0 bridgehead atoms. The normalized spacial score (nSPS) is 0.500. The van der Waals surface area contributed by atoms with Crippen molar-refractivity contribution >= 4 is 0 Å². The first-order valence-corrected chi connectivity index (χ1v) is 0.204. The zero-order chi connectivity index (χ0) is 2.00. The van der Waals surface area contributed by atoms with Crippen molar-refractivity contribution in [3.05, 3.63) is 6.65 Å². The smallest absolute Gasteiger partial charge is 1.00 e. The standard InChI is InChI=1S/CO.2H3N/c1-2;;/h;2*1H3/p+1. The summed E-state index contributed by atoms with van der Waals surface area (Å²) in [6.07, 6.45) is 0. The average molecular weight is 63.1 g/mol. The van der Waals surface area contributed by atoms with Crippen LogP contribution >= 0.6 is 0 Å². The van der Waals surface area contributed by atoms with Crippen LogP contribution in [0.2, 0.25) is 0 Å². The van der Waals surface area contributed by atoms with E-state index < -0.39 is 0 Å². The summed E-state index contributed by atoms with van der Waals surface area (Å²) in [4.78, 5) is 0. The molecule has 3 heteroatoms. The fourth-order valence-electron chi connectivity index (χ4n) is 0. The van der Waals surface area contributed by atoms with Crippen LogP contribution in [0.3, 0.4) is 0 Å². The monoisotopic (exact) mass is 63.1 g/mol. The van der Waals surface area contributed by atoms with Gasteiger partial charge in [0, 0.05) is 0 Å². The van der Waals surface area contributed by atoms with Gasteiger partial charge in [0.05, 0.1) is 0 Å². The molecule has 0 aromatic heterocycles. The fourth-order valence-corrected chi connectivity index (χ4v) is 0. The molecule has 0 atom stereocenters. The molecule has 0 spiro atoms. The van der Waals surface area contributed by atoms with Crippen molar-refractivity contribution < 1.29 is 6.08 Å². The van der Waals surface area contributed by atoms with Crippen molar-refractivity contribution in [2.24, 2.45) is 0 Å². The molecule has 0 rings (SSSR count). The van der Waals surface area contributed by atoms with E-state index in [1.54, 1.807) is 0 Å². The largest absolute Gasteiger partial charge is 1.00 e. The maximum Gasteiger partial charge on any atom is 1.00 e. The zero-order valence-corrected chi connectivity index (χ0v) is 2.32. The third-order valence-electron chi connectivity index (χ3n) is 0. The molecule has 0 saturated carbocycles. The third-order valence-corrected chi connectivity index (χ3v) is 0. The molecule has 0 radical (unpaired) electrons. The van der Waals surface area contributed by atoms with E-state index in [-0.39, 0.29) is 13.7 Å². The van der Waals surface area contributed by atoms with Gasteiger partial charge in [-0.2, -0.15) is 0 Å². The summed E-state index contributed by atoms with van der Waals surface area (Å²) in [5.41, 5.74) is 0. The first-order chi connectivity index (χ1) is 1.00. The minimum absolute atomic E-state index is 0. The van der Waals surface area contributed by atoms with Crippen molar-refractivity contribution in [2.75, 3.05) is 0 Å². The maximum absolute atomic E-state index is 7.50. The zero-order valence-electron chi connectivity index (χ0n) is 3.32. The maximum atomic E-state index is 7.50. The Morgan fingerprint density at radius 2 is 1.25 bits per heavy atom. The molecule has 0 aromatic carbocycles. The Hall–Kier alpha value is -0.340. The molecule has 26 valence electrons. The Bertz CT molecular complexity index is 14.4. The van der Waals surface area contributed by atoms with Crippen molar-refractivity contribution in [1.29, 1.82) is 0 Å². The van der Waals surface area contributed by atoms with Gasteiger partial charge in [0.25, 0.3) is 0 Å². The number of rotatable bonds is 0. The molecule has 0 fully saturated rings. The Kier molecular flexibility index (Phi) is 942. The van der Waals surface area contributed by atoms with E-state index in [0.29, 0.717) is 0 Å². The second-order valence-electron chi connectivity index (χ2n) is 0. The van der Waals surface area contributed by atoms with Gasteiger partial charge >= 0.3 is 12.7 Å². The Morgan fingerprint density at radius 3 is 1.25 bits per heavy atom. The first kappa shape index (κ1) is 59.5. The Balaban J connectivity index is -0.00000000167. The van der Waals surface area contributed by atoms with Crippen molar-refractivity contribution in [1.82, 2.24) is 12.3 Å². The van der Waals surface area contributed by atoms with Crippen LogP contribution in [-0.2, 0) is 4.65 Å². The molecule has 0 saturated heterocycles. The summed E-state index contributed by atoms with van der Waals surface area (Å²) < 4.78 is 7.50. The van der Waals surface area contributed by atoms with Gasteiger partial charge in [-0.3, -0.25) is 0 Å². The van der Waals surface area contributed by atoms with E-state index in [1.807, 2.05) is 0 Å². The Labute approximate surface area is 26.4 Å². The fraction of sp³-hybridized carbons (Fsp3) is 0. The third kappa shape index (κ3) is 6.26. The molecular formula is CH7N2O+. The molecule has 3 nitrogen and oxygen atoms in total. The van der Waals surface area contributed by atoms with Gasteiger partial charge in [-0.1, -0.05) is 0 Å². The first-order valence-electron chi connectivity index (χ1n) is 0.204. The van der Waals surface area contributed by atoms with Gasteiger partial charge in [-0.25, -0.2) is 0 Å². The van der Waals surface area contributed by atoms with E-state index in [4.69, 9.17) is 4.65 Å². The molecule has 0 unspecified atom stereocenters. The summed E-state index contributed by atoms with van der Waals surface area (Å²) in [6.45, 7) is 4.50. The minimum Gasteiger partial charge on any atom is 1.00 e. The average Bonchev–Trinajstić information content (AvgIpc) is 1.00. The molecule has 6 N–H and O–H groups in total. The molecule has 0 aliphatic carbocycles. The summed E-state index contributed by atoms with van der Waals surface area (Å²) in [5.74, 6) is 0. The van der Waals surface area contributed by atoms with Crippen LogP contribution < -0.4 is 12.3 Å². The number of hydrogen-bond donors (Lipinski definition) is 2. The van der Waals surface area contributed by atoms with Crippen LogP contribution in [0, 0.1) is 6.65 Å². The number of hydrogen-bond acceptors (Lipinski definition) is 2. The van der Waals surface area contributed by atoms with Crippen molar-refractivity contribution in [3.63, 3.8) is 0 Å². The van der Waals surface area contributed by atoms with Crippen LogP contribution in [0.5, 0.6) is 0 Å². The van der Waals surface area contributed by atoms with Gasteiger partial charge < -0.3 is 12.3 Å². The summed E-state index contributed by atoms with van der Waals surface area (Å²) in [5, 5.41) is 0. The van der Waals surface area contributed by atoms with Crippen LogP contribution in [0.15, 0.2) is 0 Å².